The largest absolute Gasteiger partial charge is 0.373 e. The molecule has 7 heteroatoms. The fourth-order valence-corrected chi connectivity index (χ4v) is 4.74. The first kappa shape index (κ1) is 23.0. The predicted molar refractivity (Wildman–Crippen MR) is 128 cm³/mol. The molecular formula is C25H26Cl2FN3O. The highest BCUT2D eigenvalue weighted by Gasteiger charge is 2.34. The number of rotatable bonds is 8. The molecule has 4 nitrogen and oxygen atoms in total. The molecule has 0 unspecified atom stereocenters. The van der Waals surface area contributed by atoms with Crippen molar-refractivity contribution in [1.29, 1.82) is 0 Å². The quantitative estimate of drug-likeness (QED) is 0.398. The van der Waals surface area contributed by atoms with Gasteiger partial charge in [-0.3, -0.25) is 0 Å². The van der Waals surface area contributed by atoms with Crippen molar-refractivity contribution < 1.29 is 9.13 Å². The zero-order chi connectivity index (χ0) is 22.7. The van der Waals surface area contributed by atoms with Gasteiger partial charge in [0.15, 0.2) is 0 Å². The summed E-state index contributed by atoms with van der Waals surface area (Å²) in [5, 5.41) is 4.71. The maximum Gasteiger partial charge on any atom is 0.148 e. The van der Waals surface area contributed by atoms with Gasteiger partial charge in [0.2, 0.25) is 0 Å². The number of hydrogen-bond donors (Lipinski definition) is 1. The number of fused-ring (bicyclic) bond motifs is 1. The number of nitrogens with zero attached hydrogens (tertiary/aromatic N) is 2. The van der Waals surface area contributed by atoms with Crippen LogP contribution in [0.1, 0.15) is 42.4 Å². The van der Waals surface area contributed by atoms with Crippen LogP contribution < -0.4 is 5.32 Å². The third kappa shape index (κ3) is 4.61. The second-order valence-corrected chi connectivity index (χ2v) is 8.61. The normalized spacial score (nSPS) is 17.4. The van der Waals surface area contributed by atoms with E-state index in [1.165, 1.54) is 5.56 Å². The first-order valence-electron chi connectivity index (χ1n) is 10.9. The lowest BCUT2D eigenvalue weighted by Crippen LogP contribution is -2.27. The molecule has 0 spiro atoms. The lowest BCUT2D eigenvalue weighted by atomic mass is 10.1. The maximum atomic E-state index is 12.8. The Morgan fingerprint density at radius 3 is 2.56 bits per heavy atom. The van der Waals surface area contributed by atoms with Crippen molar-refractivity contribution >= 4 is 29.0 Å². The highest BCUT2D eigenvalue weighted by atomic mass is 35.5. The smallest absolute Gasteiger partial charge is 0.148 e. The molecule has 0 radical (unpaired) electrons. The van der Waals surface area contributed by atoms with Gasteiger partial charge in [-0.1, -0.05) is 61.3 Å². The summed E-state index contributed by atoms with van der Waals surface area (Å²) in [6.07, 6.45) is 1.97. The van der Waals surface area contributed by atoms with E-state index in [4.69, 9.17) is 37.9 Å². The highest BCUT2D eigenvalue weighted by Crippen LogP contribution is 2.37. The van der Waals surface area contributed by atoms with Gasteiger partial charge in [0.1, 0.15) is 12.5 Å². The van der Waals surface area contributed by atoms with Crippen molar-refractivity contribution in [3.05, 3.63) is 75.0 Å². The standard InChI is InChI=1S/C25H26Cl2FN3O/c1-3-20-23(18-10-9-16(26)14-19(18)27)29-21(4-2)25(30-20)31-24-17-8-6-5-7-15(17)13-22(24)32-12-11-28/h5-10,14,22,24H,3-4,11-13H2,1-2H3,(H,30,31)/t22-,24-/m0/s1. The van der Waals surface area contributed by atoms with Crippen LogP contribution in [0.3, 0.4) is 0 Å². The third-order valence-corrected chi connectivity index (χ3v) is 6.33. The summed E-state index contributed by atoms with van der Waals surface area (Å²) in [5.74, 6) is 0.730. The number of benzene rings is 2. The molecule has 1 N–H and O–H groups in total. The van der Waals surface area contributed by atoms with Crippen molar-refractivity contribution in [1.82, 2.24) is 9.97 Å². The van der Waals surface area contributed by atoms with Crippen molar-refractivity contribution in [2.45, 2.75) is 45.3 Å². The Balaban J connectivity index is 1.73. The van der Waals surface area contributed by atoms with E-state index in [9.17, 15) is 4.39 Å². The van der Waals surface area contributed by atoms with E-state index >= 15 is 0 Å². The second-order valence-electron chi connectivity index (χ2n) is 7.77. The van der Waals surface area contributed by atoms with Gasteiger partial charge >= 0.3 is 0 Å². The molecule has 0 fully saturated rings. The summed E-state index contributed by atoms with van der Waals surface area (Å²) >= 11 is 12.6. The summed E-state index contributed by atoms with van der Waals surface area (Å²) in [6, 6.07) is 13.5. The SMILES string of the molecule is CCc1nc(-c2ccc(Cl)cc2Cl)c(CC)nc1N[C@H]1c2ccccc2C[C@@H]1OCCF. The van der Waals surface area contributed by atoms with Crippen LogP contribution >= 0.6 is 23.2 Å². The first-order valence-corrected chi connectivity index (χ1v) is 11.7. The fraction of sp³-hybridized carbons (Fsp3) is 0.360. The minimum Gasteiger partial charge on any atom is -0.373 e. The molecule has 1 heterocycles. The maximum absolute atomic E-state index is 12.8. The Morgan fingerprint density at radius 1 is 1.06 bits per heavy atom. The monoisotopic (exact) mass is 473 g/mol. The van der Waals surface area contributed by atoms with Crippen LogP contribution in [0.15, 0.2) is 42.5 Å². The minimum absolute atomic E-state index is 0.0807. The fourth-order valence-electron chi connectivity index (χ4n) is 4.24. The van der Waals surface area contributed by atoms with E-state index in [2.05, 4.69) is 17.4 Å². The Bertz CT molecular complexity index is 1110. The van der Waals surface area contributed by atoms with E-state index in [0.29, 0.717) is 22.9 Å². The number of halogens is 3. The average molecular weight is 474 g/mol. The Kier molecular flexibility index (Phi) is 7.29. The van der Waals surface area contributed by atoms with Gasteiger partial charge in [-0.2, -0.15) is 0 Å². The van der Waals surface area contributed by atoms with Crippen LogP contribution in [-0.4, -0.2) is 29.4 Å². The second kappa shape index (κ2) is 10.2. The summed E-state index contributed by atoms with van der Waals surface area (Å²) in [5.41, 5.74) is 5.65. The van der Waals surface area contributed by atoms with Crippen molar-refractivity contribution in [3.8, 4) is 11.3 Å². The lowest BCUT2D eigenvalue weighted by Gasteiger charge is -2.24. The van der Waals surface area contributed by atoms with Crippen LogP contribution in [0.2, 0.25) is 10.0 Å². The lowest BCUT2D eigenvalue weighted by molar-refractivity contribution is 0.0393. The average Bonchev–Trinajstić information content (AvgIpc) is 3.15. The van der Waals surface area contributed by atoms with Gasteiger partial charge in [-0.25, -0.2) is 14.4 Å². The van der Waals surface area contributed by atoms with E-state index in [1.54, 1.807) is 6.07 Å². The minimum atomic E-state index is -0.504. The number of nitrogens with one attached hydrogen (secondary N) is 1. The van der Waals surface area contributed by atoms with Crippen molar-refractivity contribution in [2.75, 3.05) is 18.6 Å². The number of ether oxygens (including phenoxy) is 1. The first-order chi connectivity index (χ1) is 15.5. The molecule has 3 aromatic rings. The summed E-state index contributed by atoms with van der Waals surface area (Å²) in [4.78, 5) is 9.91. The molecule has 0 amide bonds. The molecule has 0 saturated heterocycles. The van der Waals surface area contributed by atoms with Gasteiger partial charge in [0.05, 0.1) is 40.9 Å². The van der Waals surface area contributed by atoms with Gasteiger partial charge in [0.25, 0.3) is 0 Å². The van der Waals surface area contributed by atoms with E-state index in [0.717, 1.165) is 40.4 Å². The molecule has 1 aliphatic carbocycles. The van der Waals surface area contributed by atoms with E-state index < -0.39 is 6.67 Å². The van der Waals surface area contributed by atoms with Crippen molar-refractivity contribution in [2.24, 2.45) is 0 Å². The zero-order valence-electron chi connectivity index (χ0n) is 18.2. The predicted octanol–water partition coefficient (Wildman–Crippen LogP) is 6.64. The number of hydrogen-bond acceptors (Lipinski definition) is 4. The Hall–Kier alpha value is -2.21. The highest BCUT2D eigenvalue weighted by molar-refractivity contribution is 6.36. The van der Waals surface area contributed by atoms with Crippen LogP contribution in [0.25, 0.3) is 11.3 Å². The van der Waals surface area contributed by atoms with Gasteiger partial charge < -0.3 is 10.1 Å². The molecule has 0 aliphatic heterocycles. The summed E-state index contributed by atoms with van der Waals surface area (Å²) < 4.78 is 18.7. The molecule has 2 aromatic carbocycles. The molecule has 168 valence electrons. The number of anilines is 1. The number of alkyl halides is 1. The third-order valence-electron chi connectivity index (χ3n) is 5.78. The molecule has 4 rings (SSSR count). The van der Waals surface area contributed by atoms with Crippen LogP contribution in [-0.2, 0) is 24.0 Å². The van der Waals surface area contributed by atoms with Crippen molar-refractivity contribution in [3.63, 3.8) is 0 Å². The van der Waals surface area contributed by atoms with Gasteiger partial charge in [-0.15, -0.1) is 0 Å². The topological polar surface area (TPSA) is 47.0 Å². The van der Waals surface area contributed by atoms with Crippen LogP contribution in [0.5, 0.6) is 0 Å². The molecule has 0 saturated carbocycles. The molecular weight excluding hydrogens is 448 g/mol. The summed E-state index contributed by atoms with van der Waals surface area (Å²) in [6.45, 7) is 3.67. The van der Waals surface area contributed by atoms with Crippen LogP contribution in [0.4, 0.5) is 10.2 Å². The van der Waals surface area contributed by atoms with Gasteiger partial charge in [0, 0.05) is 17.0 Å². The molecule has 32 heavy (non-hydrogen) atoms. The number of aromatic nitrogens is 2. The molecule has 0 bridgehead atoms. The Labute approximate surface area is 198 Å². The zero-order valence-corrected chi connectivity index (χ0v) is 19.7. The van der Waals surface area contributed by atoms with Gasteiger partial charge in [-0.05, 0) is 42.2 Å². The van der Waals surface area contributed by atoms with E-state index in [1.807, 2.05) is 38.1 Å². The van der Waals surface area contributed by atoms with E-state index in [-0.39, 0.29) is 18.8 Å². The molecule has 1 aliphatic rings. The molecule has 1 aromatic heterocycles. The number of aryl methyl sites for hydroxylation is 2. The summed E-state index contributed by atoms with van der Waals surface area (Å²) in [7, 11) is 0. The Morgan fingerprint density at radius 2 is 1.84 bits per heavy atom. The van der Waals surface area contributed by atoms with Crippen LogP contribution in [0, 0.1) is 0 Å². The molecule has 2 atom stereocenters.